The predicted molar refractivity (Wildman–Crippen MR) is 96.9 cm³/mol. The zero-order chi connectivity index (χ0) is 17.4. The van der Waals surface area contributed by atoms with Crippen LogP contribution in [0.1, 0.15) is 25.3 Å². The highest BCUT2D eigenvalue weighted by atomic mass is 32.2. The maximum atomic E-state index is 11.8. The van der Waals surface area contributed by atoms with Gasteiger partial charge in [-0.25, -0.2) is 13.4 Å². The number of pyridine rings is 1. The van der Waals surface area contributed by atoms with Crippen LogP contribution in [0.2, 0.25) is 0 Å². The van der Waals surface area contributed by atoms with Crippen LogP contribution in [0, 0.1) is 0 Å². The van der Waals surface area contributed by atoms with E-state index in [1.165, 1.54) is 6.20 Å². The van der Waals surface area contributed by atoms with Crippen LogP contribution in [0.4, 0.5) is 11.5 Å². The van der Waals surface area contributed by atoms with Crippen molar-refractivity contribution in [3.05, 3.63) is 48.2 Å². The summed E-state index contributed by atoms with van der Waals surface area (Å²) < 4.78 is 31.3. The van der Waals surface area contributed by atoms with Crippen LogP contribution in [0.15, 0.2) is 42.6 Å². The molecule has 6 nitrogen and oxygen atoms in total. The van der Waals surface area contributed by atoms with Gasteiger partial charge in [-0.05, 0) is 36.2 Å². The van der Waals surface area contributed by atoms with Crippen molar-refractivity contribution in [1.29, 1.82) is 0 Å². The zero-order valence-corrected chi connectivity index (χ0v) is 14.8. The number of ether oxygens (including phenoxy) is 1. The van der Waals surface area contributed by atoms with Crippen LogP contribution in [0.3, 0.4) is 0 Å². The molecule has 2 aromatic rings. The van der Waals surface area contributed by atoms with Gasteiger partial charge in [-0.2, -0.15) is 0 Å². The minimum absolute atomic E-state index is 0.126. The number of methoxy groups -OCH3 is 1. The lowest BCUT2D eigenvalue weighted by Gasteiger charge is -2.09. The first kappa shape index (κ1) is 18.1. The third-order valence-electron chi connectivity index (χ3n) is 3.44. The van der Waals surface area contributed by atoms with Crippen molar-refractivity contribution in [3.63, 3.8) is 0 Å². The molecule has 0 atom stereocenters. The third-order valence-corrected chi connectivity index (χ3v) is 4.81. The molecule has 0 spiro atoms. The Bertz CT molecular complexity index is 729. The molecule has 0 bridgehead atoms. The molecule has 1 aromatic carbocycles. The average molecular weight is 349 g/mol. The van der Waals surface area contributed by atoms with Crippen molar-refractivity contribution in [3.8, 4) is 5.75 Å². The molecule has 0 saturated carbocycles. The lowest BCUT2D eigenvalue weighted by Crippen LogP contribution is -2.16. The minimum atomic E-state index is -3.29. The number of unbranched alkanes of at least 4 members (excludes halogenated alkanes) is 1. The number of aromatic nitrogens is 1. The van der Waals surface area contributed by atoms with Crippen LogP contribution >= 0.6 is 0 Å². The SMILES string of the molecule is CCCCS(=O)(=O)Nc1ccc(NCc2ccc(OC)cc2)nc1. The van der Waals surface area contributed by atoms with E-state index in [2.05, 4.69) is 15.0 Å². The van der Waals surface area contributed by atoms with Crippen molar-refractivity contribution >= 4 is 21.5 Å². The van der Waals surface area contributed by atoms with E-state index >= 15 is 0 Å². The molecule has 1 aromatic heterocycles. The van der Waals surface area contributed by atoms with Gasteiger partial charge in [0.1, 0.15) is 11.6 Å². The maximum Gasteiger partial charge on any atom is 0.232 e. The van der Waals surface area contributed by atoms with Crippen LogP contribution < -0.4 is 14.8 Å². The van der Waals surface area contributed by atoms with Crippen molar-refractivity contribution < 1.29 is 13.2 Å². The number of anilines is 2. The molecule has 0 aliphatic heterocycles. The molecule has 0 radical (unpaired) electrons. The number of nitrogens with zero attached hydrogens (tertiary/aromatic N) is 1. The molecule has 2 rings (SSSR count). The average Bonchev–Trinajstić information content (AvgIpc) is 2.59. The quantitative estimate of drug-likeness (QED) is 0.726. The van der Waals surface area contributed by atoms with Gasteiger partial charge >= 0.3 is 0 Å². The first-order chi connectivity index (χ1) is 11.5. The fourth-order valence-electron chi connectivity index (χ4n) is 2.06. The van der Waals surface area contributed by atoms with E-state index in [0.717, 1.165) is 17.7 Å². The molecular weight excluding hydrogens is 326 g/mol. The van der Waals surface area contributed by atoms with E-state index < -0.39 is 10.0 Å². The molecule has 24 heavy (non-hydrogen) atoms. The van der Waals surface area contributed by atoms with Crippen molar-refractivity contribution in [2.45, 2.75) is 26.3 Å². The Morgan fingerprint density at radius 1 is 1.12 bits per heavy atom. The monoisotopic (exact) mass is 349 g/mol. The molecule has 0 fully saturated rings. The molecule has 0 saturated heterocycles. The molecule has 0 aliphatic carbocycles. The molecule has 1 heterocycles. The summed E-state index contributed by atoms with van der Waals surface area (Å²) in [7, 11) is -1.66. The summed E-state index contributed by atoms with van der Waals surface area (Å²) in [6.45, 7) is 2.58. The van der Waals surface area contributed by atoms with E-state index in [1.54, 1.807) is 19.2 Å². The van der Waals surface area contributed by atoms with Crippen LogP contribution in [0.5, 0.6) is 5.75 Å². The number of rotatable bonds is 9. The standard InChI is InChI=1S/C17H23N3O3S/c1-3-4-11-24(21,22)20-15-7-10-17(19-13-15)18-12-14-5-8-16(23-2)9-6-14/h5-10,13,20H,3-4,11-12H2,1-2H3,(H,18,19). The summed E-state index contributed by atoms with van der Waals surface area (Å²) in [6.07, 6.45) is 3.00. The second-order valence-corrected chi connectivity index (χ2v) is 7.25. The second kappa shape index (κ2) is 8.54. The number of benzene rings is 1. The van der Waals surface area contributed by atoms with Gasteiger partial charge in [-0.15, -0.1) is 0 Å². The smallest absolute Gasteiger partial charge is 0.232 e. The first-order valence-corrected chi connectivity index (χ1v) is 9.51. The number of hydrogen-bond acceptors (Lipinski definition) is 5. The van der Waals surface area contributed by atoms with E-state index in [0.29, 0.717) is 24.5 Å². The molecule has 2 N–H and O–H groups in total. The summed E-state index contributed by atoms with van der Waals surface area (Å²) in [5, 5.41) is 3.19. The Morgan fingerprint density at radius 3 is 2.46 bits per heavy atom. The number of nitrogens with one attached hydrogen (secondary N) is 2. The van der Waals surface area contributed by atoms with Gasteiger partial charge in [0.25, 0.3) is 0 Å². The third kappa shape index (κ3) is 5.73. The van der Waals surface area contributed by atoms with E-state index in [9.17, 15) is 8.42 Å². The van der Waals surface area contributed by atoms with Gasteiger partial charge in [-0.3, -0.25) is 4.72 Å². The highest BCUT2D eigenvalue weighted by molar-refractivity contribution is 7.92. The molecule has 0 aliphatic rings. The summed E-state index contributed by atoms with van der Waals surface area (Å²) in [4.78, 5) is 4.23. The van der Waals surface area contributed by atoms with Gasteiger partial charge in [0.15, 0.2) is 0 Å². The number of sulfonamides is 1. The van der Waals surface area contributed by atoms with E-state index in [1.807, 2.05) is 31.2 Å². The Labute approximate surface area is 143 Å². The summed E-state index contributed by atoms with van der Waals surface area (Å²) in [5.41, 5.74) is 1.57. The maximum absolute atomic E-state index is 11.8. The Morgan fingerprint density at radius 2 is 1.88 bits per heavy atom. The van der Waals surface area contributed by atoms with Gasteiger partial charge in [0.05, 0.1) is 24.7 Å². The molecule has 0 amide bonds. The normalized spacial score (nSPS) is 11.1. The summed E-state index contributed by atoms with van der Waals surface area (Å²) >= 11 is 0. The highest BCUT2D eigenvalue weighted by Gasteiger charge is 2.09. The minimum Gasteiger partial charge on any atom is -0.497 e. The Balaban J connectivity index is 1.89. The molecule has 130 valence electrons. The Hall–Kier alpha value is -2.28. The lowest BCUT2D eigenvalue weighted by atomic mass is 10.2. The zero-order valence-electron chi connectivity index (χ0n) is 14.0. The summed E-state index contributed by atoms with van der Waals surface area (Å²) in [5.74, 6) is 1.62. The van der Waals surface area contributed by atoms with Gasteiger partial charge in [-0.1, -0.05) is 25.5 Å². The fourth-order valence-corrected chi connectivity index (χ4v) is 3.31. The second-order valence-electron chi connectivity index (χ2n) is 5.41. The fraction of sp³-hybridized carbons (Fsp3) is 0.353. The molecule has 7 heteroatoms. The van der Waals surface area contributed by atoms with Crippen LogP contribution in [-0.2, 0) is 16.6 Å². The topological polar surface area (TPSA) is 80.3 Å². The van der Waals surface area contributed by atoms with Crippen molar-refractivity contribution in [2.24, 2.45) is 0 Å². The van der Waals surface area contributed by atoms with Gasteiger partial charge in [0, 0.05) is 6.54 Å². The van der Waals surface area contributed by atoms with Gasteiger partial charge in [0.2, 0.25) is 10.0 Å². The summed E-state index contributed by atoms with van der Waals surface area (Å²) in [6, 6.07) is 11.2. The largest absolute Gasteiger partial charge is 0.497 e. The Kier molecular flexibility index (Phi) is 6.43. The van der Waals surface area contributed by atoms with Crippen LogP contribution in [0.25, 0.3) is 0 Å². The van der Waals surface area contributed by atoms with E-state index in [-0.39, 0.29) is 5.75 Å². The number of hydrogen-bond donors (Lipinski definition) is 2. The molecular formula is C17H23N3O3S. The predicted octanol–water partition coefficient (Wildman–Crippen LogP) is 3.24. The van der Waals surface area contributed by atoms with Crippen LogP contribution in [-0.4, -0.2) is 26.3 Å². The first-order valence-electron chi connectivity index (χ1n) is 7.86. The van der Waals surface area contributed by atoms with Gasteiger partial charge < -0.3 is 10.1 Å². The van der Waals surface area contributed by atoms with Crippen molar-refractivity contribution in [2.75, 3.05) is 22.9 Å². The van der Waals surface area contributed by atoms with E-state index in [4.69, 9.17) is 4.74 Å². The molecule has 0 unspecified atom stereocenters. The highest BCUT2D eigenvalue weighted by Crippen LogP contribution is 2.15. The van der Waals surface area contributed by atoms with Crippen molar-refractivity contribution in [1.82, 2.24) is 4.98 Å². The lowest BCUT2D eigenvalue weighted by molar-refractivity contribution is 0.414.